The zero-order valence-electron chi connectivity index (χ0n) is 13.0. The van der Waals surface area contributed by atoms with E-state index in [0.29, 0.717) is 22.3 Å². The maximum Gasteiger partial charge on any atom is 0.167 e. The first-order chi connectivity index (χ1) is 9.75. The van der Waals surface area contributed by atoms with Crippen LogP contribution in [0.2, 0.25) is 0 Å². The number of benzene rings is 1. The van der Waals surface area contributed by atoms with Crippen LogP contribution in [0.3, 0.4) is 0 Å². The molecule has 0 fully saturated rings. The Morgan fingerprint density at radius 2 is 2.14 bits per heavy atom. The van der Waals surface area contributed by atoms with Gasteiger partial charge in [-0.25, -0.2) is 0 Å². The topological polar surface area (TPSA) is 55.8 Å². The number of phenols is 1. The smallest absolute Gasteiger partial charge is 0.167 e. The predicted molar refractivity (Wildman–Crippen MR) is 88.8 cm³/mol. The van der Waals surface area contributed by atoms with Gasteiger partial charge in [0.1, 0.15) is 23.6 Å². The molecule has 1 aliphatic heterocycles. The van der Waals surface area contributed by atoms with Crippen molar-refractivity contribution >= 4 is 24.2 Å². The van der Waals surface area contributed by atoms with Crippen LogP contribution in [0, 0.1) is 5.41 Å². The Morgan fingerprint density at radius 1 is 1.43 bits per heavy atom. The minimum Gasteiger partial charge on any atom is -0.507 e. The molecule has 0 amide bonds. The molecule has 0 bridgehead atoms. The second-order valence-electron chi connectivity index (χ2n) is 6.50. The molecule has 21 heavy (non-hydrogen) atoms. The second kappa shape index (κ2) is 6.13. The Balaban J connectivity index is 2.08. The maximum atomic E-state index is 13.0. The van der Waals surface area contributed by atoms with Crippen molar-refractivity contribution in [1.82, 2.24) is 0 Å². The number of phenolic OH excluding ortho intramolecular Hbond substituents is 1. The van der Waals surface area contributed by atoms with Crippen molar-refractivity contribution in [3.8, 4) is 17.2 Å². The highest BCUT2D eigenvalue weighted by atomic mass is 32.2. The molecular weight excluding hydrogens is 307 g/mol. The van der Waals surface area contributed by atoms with Gasteiger partial charge in [-0.2, -0.15) is 11.8 Å². The van der Waals surface area contributed by atoms with Gasteiger partial charge >= 0.3 is 0 Å². The largest absolute Gasteiger partial charge is 0.507 e. The minimum absolute atomic E-state index is 0.0154. The van der Waals surface area contributed by atoms with Crippen LogP contribution in [0.25, 0.3) is 0 Å². The summed E-state index contributed by atoms with van der Waals surface area (Å²) in [4.78, 5) is 0. The fourth-order valence-electron chi connectivity index (χ4n) is 2.14. The molecule has 1 N–H and O–H groups in total. The number of fused-ring (bicyclic) bond motifs is 1. The molecule has 1 aromatic rings. The Bertz CT molecular complexity index is 566. The van der Waals surface area contributed by atoms with Crippen LogP contribution in [0.15, 0.2) is 12.1 Å². The third kappa shape index (κ3) is 3.89. The molecule has 0 saturated carbocycles. The van der Waals surface area contributed by atoms with Gasteiger partial charge in [-0.15, -0.1) is 0 Å². The third-order valence-electron chi connectivity index (χ3n) is 3.40. The average molecular weight is 330 g/mol. The lowest BCUT2D eigenvalue weighted by atomic mass is 9.94. The summed E-state index contributed by atoms with van der Waals surface area (Å²) in [6.07, 6.45) is 1.24. The number of hydrogen-bond acceptors (Lipinski definition) is 5. The van der Waals surface area contributed by atoms with E-state index in [4.69, 9.17) is 9.47 Å². The first-order valence-corrected chi connectivity index (χ1v) is 10.2. The SMILES string of the molecule is COc1cc(O)c2c(c1)OCP2(=O)CSCCC(C)(C)C. The molecule has 0 aliphatic carbocycles. The summed E-state index contributed by atoms with van der Waals surface area (Å²) in [5.74, 6) is 1.98. The number of ether oxygens (including phenoxy) is 2. The van der Waals surface area contributed by atoms with Crippen molar-refractivity contribution in [3.63, 3.8) is 0 Å². The van der Waals surface area contributed by atoms with Crippen LogP contribution in [-0.4, -0.2) is 29.8 Å². The van der Waals surface area contributed by atoms with Gasteiger partial charge in [0.05, 0.1) is 17.9 Å². The molecule has 2 rings (SSSR count). The Labute approximate surface area is 130 Å². The summed E-state index contributed by atoms with van der Waals surface area (Å²) in [6, 6.07) is 3.19. The molecule has 118 valence electrons. The van der Waals surface area contributed by atoms with Crippen molar-refractivity contribution in [3.05, 3.63) is 12.1 Å². The fraction of sp³-hybridized carbons (Fsp3) is 0.600. The molecule has 0 spiro atoms. The van der Waals surface area contributed by atoms with Crippen molar-refractivity contribution in [2.45, 2.75) is 27.2 Å². The normalized spacial score (nSPS) is 21.0. The average Bonchev–Trinajstić information content (AvgIpc) is 2.72. The molecule has 0 radical (unpaired) electrons. The zero-order chi connectivity index (χ0) is 15.7. The first kappa shape index (κ1) is 16.6. The van der Waals surface area contributed by atoms with E-state index in [2.05, 4.69) is 20.8 Å². The van der Waals surface area contributed by atoms with E-state index in [1.165, 1.54) is 13.2 Å². The quantitative estimate of drug-likeness (QED) is 0.656. The molecule has 6 heteroatoms. The van der Waals surface area contributed by atoms with E-state index in [0.717, 1.165) is 12.2 Å². The summed E-state index contributed by atoms with van der Waals surface area (Å²) < 4.78 is 23.6. The van der Waals surface area contributed by atoms with Gasteiger partial charge in [0, 0.05) is 12.1 Å². The van der Waals surface area contributed by atoms with Crippen molar-refractivity contribution < 1.29 is 19.1 Å². The first-order valence-electron chi connectivity index (χ1n) is 6.95. The predicted octanol–water partition coefficient (Wildman–Crippen LogP) is 3.87. The van der Waals surface area contributed by atoms with Crippen LogP contribution < -0.4 is 14.8 Å². The Morgan fingerprint density at radius 3 is 2.76 bits per heavy atom. The third-order valence-corrected chi connectivity index (χ3v) is 8.10. The van der Waals surface area contributed by atoms with Gasteiger partial charge in [0.2, 0.25) is 0 Å². The van der Waals surface area contributed by atoms with E-state index in [-0.39, 0.29) is 17.5 Å². The second-order valence-corrected chi connectivity index (χ2v) is 10.8. The van der Waals surface area contributed by atoms with Gasteiger partial charge in [0.25, 0.3) is 0 Å². The lowest BCUT2D eigenvalue weighted by molar-refractivity contribution is 0.380. The molecule has 1 aliphatic rings. The molecule has 1 aromatic carbocycles. The van der Waals surface area contributed by atoms with Gasteiger partial charge in [0.15, 0.2) is 7.14 Å². The van der Waals surface area contributed by atoms with Crippen molar-refractivity contribution in [2.24, 2.45) is 5.41 Å². The highest BCUT2D eigenvalue weighted by Crippen LogP contribution is 2.56. The van der Waals surface area contributed by atoms with Crippen molar-refractivity contribution in [1.29, 1.82) is 0 Å². The van der Waals surface area contributed by atoms with Crippen LogP contribution >= 0.6 is 18.9 Å². The summed E-state index contributed by atoms with van der Waals surface area (Å²) in [6.45, 7) is 6.59. The molecule has 0 aromatic heterocycles. The van der Waals surface area contributed by atoms with E-state index in [1.807, 2.05) is 0 Å². The summed E-state index contributed by atoms with van der Waals surface area (Å²) in [5.41, 5.74) is 0.789. The summed E-state index contributed by atoms with van der Waals surface area (Å²) >= 11 is 1.67. The van der Waals surface area contributed by atoms with Crippen LogP contribution in [-0.2, 0) is 4.57 Å². The van der Waals surface area contributed by atoms with E-state index < -0.39 is 7.14 Å². The minimum atomic E-state index is -2.67. The fourth-order valence-corrected chi connectivity index (χ4v) is 6.89. The molecule has 1 atom stereocenters. The van der Waals surface area contributed by atoms with Crippen LogP contribution in [0.5, 0.6) is 17.2 Å². The van der Waals surface area contributed by atoms with E-state index >= 15 is 0 Å². The van der Waals surface area contributed by atoms with Gasteiger partial charge in [-0.3, -0.25) is 0 Å². The Hall–Kier alpha value is -0.800. The molecule has 0 saturated heterocycles. The standard InChI is InChI=1S/C15H23O4PS/c1-15(2,3)5-6-21-10-20(17)9-19-13-8-11(18-4)7-12(16)14(13)20/h7-8,16H,5-6,9-10H2,1-4H3. The monoisotopic (exact) mass is 330 g/mol. The van der Waals surface area contributed by atoms with Crippen LogP contribution in [0.1, 0.15) is 27.2 Å². The number of thioether (sulfide) groups is 1. The lowest BCUT2D eigenvalue weighted by Crippen LogP contribution is -2.08. The van der Waals surface area contributed by atoms with Gasteiger partial charge < -0.3 is 19.1 Å². The number of methoxy groups -OCH3 is 1. The van der Waals surface area contributed by atoms with E-state index in [9.17, 15) is 9.67 Å². The number of aromatic hydroxyl groups is 1. The van der Waals surface area contributed by atoms with Crippen molar-refractivity contribution in [2.75, 3.05) is 24.7 Å². The molecule has 4 nitrogen and oxygen atoms in total. The highest BCUT2D eigenvalue weighted by molar-refractivity contribution is 8.06. The maximum absolute atomic E-state index is 13.0. The highest BCUT2D eigenvalue weighted by Gasteiger charge is 2.38. The summed E-state index contributed by atoms with van der Waals surface area (Å²) in [7, 11) is -1.15. The summed E-state index contributed by atoms with van der Waals surface area (Å²) in [5, 5.41) is 10.6. The molecule has 1 heterocycles. The lowest BCUT2D eigenvalue weighted by Gasteiger charge is -2.18. The molecule has 1 unspecified atom stereocenters. The number of rotatable bonds is 5. The van der Waals surface area contributed by atoms with Gasteiger partial charge in [-0.1, -0.05) is 20.8 Å². The molecular formula is C15H23O4PS. The Kier molecular flexibility index (Phi) is 4.84. The van der Waals surface area contributed by atoms with Crippen LogP contribution in [0.4, 0.5) is 0 Å². The van der Waals surface area contributed by atoms with Gasteiger partial charge in [-0.05, 0) is 17.6 Å². The zero-order valence-corrected chi connectivity index (χ0v) is 14.7. The number of hydrogen-bond donors (Lipinski definition) is 1. The van der Waals surface area contributed by atoms with E-state index in [1.54, 1.807) is 17.8 Å².